The minimum Gasteiger partial charge on any atom is -0.397 e. The molecule has 0 spiro atoms. The maximum atomic E-state index is 8.09. The van der Waals surface area contributed by atoms with Crippen molar-refractivity contribution in [1.29, 1.82) is 0 Å². The maximum Gasteiger partial charge on any atom is 0.276 e. The number of hydrogen-bond donors (Lipinski definition) is 1. The first-order valence-corrected chi connectivity index (χ1v) is 5.28. The number of hydrogen-bond acceptors (Lipinski definition) is 1. The van der Waals surface area contributed by atoms with Crippen LogP contribution < -0.4 is 0 Å². The van der Waals surface area contributed by atoms with E-state index in [0.717, 1.165) is 0 Å². The highest BCUT2D eigenvalue weighted by molar-refractivity contribution is 7.33. The van der Waals surface area contributed by atoms with Crippen LogP contribution in [0.2, 0.25) is 6.04 Å². The first-order chi connectivity index (χ1) is 2.77. The molecule has 0 rings (SSSR count). The van der Waals surface area contributed by atoms with Gasteiger partial charge in [-0.25, -0.2) is 0 Å². The smallest absolute Gasteiger partial charge is 0.276 e. The van der Waals surface area contributed by atoms with Gasteiger partial charge >= 0.3 is 0 Å². The van der Waals surface area contributed by atoms with Gasteiger partial charge in [0.2, 0.25) is 0 Å². The second-order valence-corrected chi connectivity index (χ2v) is 5.31. The van der Waals surface area contributed by atoms with Crippen molar-refractivity contribution in [2.24, 2.45) is 0 Å². The second kappa shape index (κ2) is 3.93. The van der Waals surface area contributed by atoms with Gasteiger partial charge in [0.05, 0.1) is 0 Å². The summed E-state index contributed by atoms with van der Waals surface area (Å²) in [5, 5.41) is 8.09. The molecule has 0 bridgehead atoms. The molecular weight excluding hydrogens is 139 g/mol. The summed E-state index contributed by atoms with van der Waals surface area (Å²) in [6.07, 6.45) is 0. The van der Waals surface area contributed by atoms with Gasteiger partial charge in [-0.15, -0.1) is 22.2 Å². The summed E-state index contributed by atoms with van der Waals surface area (Å²) in [5.41, 5.74) is 0. The van der Waals surface area contributed by atoms with E-state index in [-0.39, 0.29) is 6.61 Å². The molecule has 0 amide bonds. The lowest BCUT2D eigenvalue weighted by atomic mass is 10.9. The van der Waals surface area contributed by atoms with E-state index in [1.165, 1.54) is 0 Å². The summed E-state index contributed by atoms with van der Waals surface area (Å²) >= 11 is 10.6. The van der Waals surface area contributed by atoms with Gasteiger partial charge in [-0.1, -0.05) is 0 Å². The highest BCUT2D eigenvalue weighted by Gasteiger charge is 1.98. The molecule has 4 heteroatoms. The fraction of sp³-hybridized carbons (Fsp3) is 1.00. The molecule has 0 heterocycles. The highest BCUT2D eigenvalue weighted by atomic mass is 35.7. The number of rotatable bonds is 2. The quantitative estimate of drug-likeness (QED) is 0.451. The first-order valence-electron chi connectivity index (χ1n) is 1.55. The zero-order valence-electron chi connectivity index (χ0n) is 3.12. The molecule has 0 unspecified atom stereocenters. The molecular formula is C2H5Cl2OSi. The Hall–Kier alpha value is 0.757. The summed E-state index contributed by atoms with van der Waals surface area (Å²) in [5.74, 6) is 0. The number of aliphatic hydroxyl groups is 1. The first kappa shape index (κ1) is 6.76. The van der Waals surface area contributed by atoms with Crippen molar-refractivity contribution < 1.29 is 5.11 Å². The van der Waals surface area contributed by atoms with Crippen LogP contribution in [-0.2, 0) is 0 Å². The Morgan fingerprint density at radius 3 is 2.00 bits per heavy atom. The van der Waals surface area contributed by atoms with E-state index in [1.54, 1.807) is 0 Å². The molecule has 0 aliphatic carbocycles. The lowest BCUT2D eigenvalue weighted by Crippen LogP contribution is -1.93. The highest BCUT2D eigenvalue weighted by Crippen LogP contribution is 1.99. The average molecular weight is 144 g/mol. The molecule has 0 atom stereocenters. The Morgan fingerprint density at radius 2 is 2.00 bits per heavy atom. The fourth-order valence-corrected chi connectivity index (χ4v) is 0.761. The largest absolute Gasteiger partial charge is 0.397 e. The molecule has 0 aliphatic rings. The van der Waals surface area contributed by atoms with Crippen LogP contribution in [0.15, 0.2) is 0 Å². The van der Waals surface area contributed by atoms with Gasteiger partial charge in [0.15, 0.2) is 0 Å². The van der Waals surface area contributed by atoms with Crippen LogP contribution in [0.25, 0.3) is 0 Å². The van der Waals surface area contributed by atoms with Crippen LogP contribution in [-0.4, -0.2) is 19.1 Å². The van der Waals surface area contributed by atoms with Crippen molar-refractivity contribution in [2.45, 2.75) is 6.04 Å². The van der Waals surface area contributed by atoms with Crippen LogP contribution in [0.5, 0.6) is 0 Å². The molecule has 0 saturated heterocycles. The van der Waals surface area contributed by atoms with Gasteiger partial charge in [-0.05, 0) is 6.04 Å². The Bertz CT molecular complexity index is 32.7. The molecule has 1 radical (unpaired) electrons. The molecule has 0 aliphatic heterocycles. The molecule has 0 aromatic rings. The summed E-state index contributed by atoms with van der Waals surface area (Å²) in [4.78, 5) is 0. The third kappa shape index (κ3) is 4.76. The second-order valence-electron chi connectivity index (χ2n) is 0.812. The molecule has 0 aromatic heterocycles. The van der Waals surface area contributed by atoms with E-state index in [0.29, 0.717) is 6.04 Å². The molecule has 0 saturated carbocycles. The Morgan fingerprint density at radius 1 is 1.50 bits per heavy atom. The van der Waals surface area contributed by atoms with Crippen molar-refractivity contribution in [2.75, 3.05) is 6.61 Å². The van der Waals surface area contributed by atoms with Gasteiger partial charge < -0.3 is 5.11 Å². The summed E-state index contributed by atoms with van der Waals surface area (Å²) in [6, 6.07) is 0.563. The molecule has 6 heavy (non-hydrogen) atoms. The molecule has 0 fully saturated rings. The number of aliphatic hydroxyl groups excluding tert-OH is 1. The third-order valence-corrected chi connectivity index (χ3v) is 2.04. The van der Waals surface area contributed by atoms with Crippen molar-refractivity contribution in [1.82, 2.24) is 0 Å². The lowest BCUT2D eigenvalue weighted by Gasteiger charge is -1.86. The molecule has 37 valence electrons. The predicted molar refractivity (Wildman–Crippen MR) is 29.4 cm³/mol. The van der Waals surface area contributed by atoms with Crippen LogP contribution in [0, 0.1) is 0 Å². The van der Waals surface area contributed by atoms with E-state index in [9.17, 15) is 0 Å². The van der Waals surface area contributed by atoms with Crippen molar-refractivity contribution in [3.05, 3.63) is 0 Å². The maximum absolute atomic E-state index is 8.09. The van der Waals surface area contributed by atoms with Gasteiger partial charge in [0.25, 0.3) is 7.42 Å². The van der Waals surface area contributed by atoms with Crippen molar-refractivity contribution in [3.63, 3.8) is 0 Å². The normalized spacial score (nSPS) is 10.0. The van der Waals surface area contributed by atoms with Crippen LogP contribution >= 0.6 is 22.2 Å². The minimum atomic E-state index is -1.19. The average Bonchev–Trinajstić information content (AvgIpc) is 1.35. The van der Waals surface area contributed by atoms with E-state index >= 15 is 0 Å². The van der Waals surface area contributed by atoms with Crippen LogP contribution in [0.4, 0.5) is 0 Å². The fourth-order valence-electron chi connectivity index (χ4n) is 0.0845. The predicted octanol–water partition coefficient (Wildman–Crippen LogP) is 0.944. The van der Waals surface area contributed by atoms with Crippen LogP contribution in [0.3, 0.4) is 0 Å². The van der Waals surface area contributed by atoms with E-state index in [2.05, 4.69) is 0 Å². The zero-order chi connectivity index (χ0) is 4.99. The standard InChI is InChI=1S/C2H5Cl2OSi/c3-6(4)2-1-5/h5H,1-2H2. The molecule has 1 N–H and O–H groups in total. The Balaban J connectivity index is 2.63. The molecule has 0 aromatic carbocycles. The van der Waals surface area contributed by atoms with Crippen molar-refractivity contribution in [3.8, 4) is 0 Å². The van der Waals surface area contributed by atoms with Gasteiger partial charge in [-0.2, -0.15) is 0 Å². The van der Waals surface area contributed by atoms with Gasteiger partial charge in [-0.3, -0.25) is 0 Å². The van der Waals surface area contributed by atoms with Gasteiger partial charge in [0, 0.05) is 6.61 Å². The minimum absolute atomic E-state index is 0.112. The van der Waals surface area contributed by atoms with E-state index < -0.39 is 7.42 Å². The van der Waals surface area contributed by atoms with Crippen LogP contribution in [0.1, 0.15) is 0 Å². The summed E-state index contributed by atoms with van der Waals surface area (Å²) in [7, 11) is -1.19. The zero-order valence-corrected chi connectivity index (χ0v) is 5.63. The molecule has 1 nitrogen and oxygen atoms in total. The van der Waals surface area contributed by atoms with E-state index in [1.807, 2.05) is 0 Å². The summed E-state index contributed by atoms with van der Waals surface area (Å²) in [6.45, 7) is 0.112. The lowest BCUT2D eigenvalue weighted by molar-refractivity contribution is 0.318. The third-order valence-electron chi connectivity index (χ3n) is 0.301. The van der Waals surface area contributed by atoms with Crippen molar-refractivity contribution >= 4 is 29.6 Å². The van der Waals surface area contributed by atoms with Gasteiger partial charge in [0.1, 0.15) is 0 Å². The summed E-state index contributed by atoms with van der Waals surface area (Å²) < 4.78 is 0. The van der Waals surface area contributed by atoms with E-state index in [4.69, 9.17) is 27.3 Å². The Labute approximate surface area is 47.9 Å². The monoisotopic (exact) mass is 143 g/mol. The Kier molecular flexibility index (Phi) is 4.43. The number of halogens is 2. The topological polar surface area (TPSA) is 20.2 Å². The SMILES string of the molecule is OCC[Si](Cl)Cl.